The van der Waals surface area contributed by atoms with Crippen LogP contribution >= 0.6 is 0 Å². The minimum Gasteiger partial charge on any atom is -0.508 e. The molecule has 16 heavy (non-hydrogen) atoms. The van der Waals surface area contributed by atoms with Gasteiger partial charge in [0, 0.05) is 0 Å². The van der Waals surface area contributed by atoms with Crippen molar-refractivity contribution >= 4 is 0 Å². The molecule has 2 unspecified atom stereocenters. The average molecular weight is 220 g/mol. The van der Waals surface area contributed by atoms with Crippen LogP contribution in [-0.2, 0) is 0 Å². The van der Waals surface area contributed by atoms with Crippen molar-refractivity contribution in [1.82, 2.24) is 0 Å². The van der Waals surface area contributed by atoms with E-state index in [1.54, 1.807) is 12.1 Å². The highest BCUT2D eigenvalue weighted by Gasteiger charge is 2.16. The summed E-state index contributed by atoms with van der Waals surface area (Å²) < 4.78 is 0. The van der Waals surface area contributed by atoms with Gasteiger partial charge in [0.1, 0.15) is 5.75 Å². The van der Waals surface area contributed by atoms with Gasteiger partial charge in [0.05, 0.1) is 0 Å². The first-order valence-electron chi connectivity index (χ1n) is 6.48. The Kier molecular flexibility index (Phi) is 5.37. The summed E-state index contributed by atoms with van der Waals surface area (Å²) >= 11 is 0. The number of phenols is 1. The van der Waals surface area contributed by atoms with Crippen molar-refractivity contribution in [3.05, 3.63) is 29.8 Å². The second-order valence-electron chi connectivity index (χ2n) is 4.73. The first-order chi connectivity index (χ1) is 7.69. The third-order valence-electron chi connectivity index (χ3n) is 3.46. The maximum atomic E-state index is 9.29. The maximum Gasteiger partial charge on any atom is 0.115 e. The van der Waals surface area contributed by atoms with Crippen LogP contribution < -0.4 is 0 Å². The molecule has 1 rings (SSSR count). The standard InChI is InChI=1S/C15H24O/c1-4-6-7-12(3)15(5-2)13-8-10-14(16)11-9-13/h8-12,15-16H,4-7H2,1-3H3. The number of phenolic OH excluding ortho intramolecular Hbond substituents is 1. The number of unbranched alkanes of at least 4 members (excludes halogenated alkanes) is 1. The molecule has 2 atom stereocenters. The van der Waals surface area contributed by atoms with E-state index in [1.165, 1.54) is 31.2 Å². The van der Waals surface area contributed by atoms with Crippen LogP contribution in [0, 0.1) is 5.92 Å². The van der Waals surface area contributed by atoms with Crippen molar-refractivity contribution in [3.63, 3.8) is 0 Å². The Morgan fingerprint density at radius 2 is 1.75 bits per heavy atom. The zero-order chi connectivity index (χ0) is 12.0. The Balaban J connectivity index is 2.69. The molecule has 0 saturated carbocycles. The SMILES string of the molecule is CCCCC(C)C(CC)c1ccc(O)cc1. The Morgan fingerprint density at radius 1 is 1.12 bits per heavy atom. The Morgan fingerprint density at radius 3 is 2.25 bits per heavy atom. The van der Waals surface area contributed by atoms with E-state index in [0.717, 1.165) is 5.92 Å². The fraction of sp³-hybridized carbons (Fsp3) is 0.600. The summed E-state index contributed by atoms with van der Waals surface area (Å²) in [6, 6.07) is 7.72. The molecular formula is C15H24O. The fourth-order valence-electron chi connectivity index (χ4n) is 2.42. The lowest BCUT2D eigenvalue weighted by molar-refractivity contribution is 0.405. The first-order valence-corrected chi connectivity index (χ1v) is 6.48. The largest absolute Gasteiger partial charge is 0.508 e. The van der Waals surface area contributed by atoms with E-state index in [-0.39, 0.29) is 0 Å². The van der Waals surface area contributed by atoms with Gasteiger partial charge in [-0.05, 0) is 36.0 Å². The second-order valence-corrected chi connectivity index (χ2v) is 4.73. The molecule has 0 saturated heterocycles. The summed E-state index contributed by atoms with van der Waals surface area (Å²) in [5.74, 6) is 1.72. The summed E-state index contributed by atoms with van der Waals surface area (Å²) in [6.45, 7) is 6.84. The molecule has 1 aromatic rings. The van der Waals surface area contributed by atoms with Crippen LogP contribution in [0.2, 0.25) is 0 Å². The van der Waals surface area contributed by atoms with Crippen LogP contribution in [0.3, 0.4) is 0 Å². The lowest BCUT2D eigenvalue weighted by Crippen LogP contribution is -2.09. The van der Waals surface area contributed by atoms with Gasteiger partial charge in [-0.1, -0.05) is 52.2 Å². The molecule has 0 heterocycles. The van der Waals surface area contributed by atoms with E-state index in [2.05, 4.69) is 32.9 Å². The van der Waals surface area contributed by atoms with E-state index in [1.807, 2.05) is 0 Å². The molecule has 0 bridgehead atoms. The average Bonchev–Trinajstić information content (AvgIpc) is 2.30. The number of benzene rings is 1. The predicted molar refractivity (Wildman–Crippen MR) is 69.8 cm³/mol. The van der Waals surface area contributed by atoms with Crippen molar-refractivity contribution in [2.45, 2.75) is 52.4 Å². The minimum atomic E-state index is 0.361. The molecule has 90 valence electrons. The molecule has 0 aliphatic carbocycles. The van der Waals surface area contributed by atoms with E-state index in [9.17, 15) is 5.11 Å². The van der Waals surface area contributed by atoms with Gasteiger partial charge in [-0.25, -0.2) is 0 Å². The molecular weight excluding hydrogens is 196 g/mol. The van der Waals surface area contributed by atoms with Crippen molar-refractivity contribution in [1.29, 1.82) is 0 Å². The highest BCUT2D eigenvalue weighted by molar-refractivity contribution is 5.28. The second kappa shape index (κ2) is 6.57. The lowest BCUT2D eigenvalue weighted by Gasteiger charge is -2.23. The van der Waals surface area contributed by atoms with Crippen LogP contribution in [0.4, 0.5) is 0 Å². The van der Waals surface area contributed by atoms with E-state index in [0.29, 0.717) is 11.7 Å². The van der Waals surface area contributed by atoms with Gasteiger partial charge in [0.15, 0.2) is 0 Å². The Hall–Kier alpha value is -0.980. The third-order valence-corrected chi connectivity index (χ3v) is 3.46. The monoisotopic (exact) mass is 220 g/mol. The Labute approximate surface area is 99.5 Å². The van der Waals surface area contributed by atoms with Gasteiger partial charge in [-0.15, -0.1) is 0 Å². The number of hydrogen-bond donors (Lipinski definition) is 1. The zero-order valence-corrected chi connectivity index (χ0v) is 10.7. The highest BCUT2D eigenvalue weighted by Crippen LogP contribution is 2.31. The molecule has 0 aliphatic heterocycles. The van der Waals surface area contributed by atoms with Gasteiger partial charge in [-0.3, -0.25) is 0 Å². The van der Waals surface area contributed by atoms with E-state index < -0.39 is 0 Å². The zero-order valence-electron chi connectivity index (χ0n) is 10.7. The highest BCUT2D eigenvalue weighted by atomic mass is 16.3. The van der Waals surface area contributed by atoms with Crippen LogP contribution in [-0.4, -0.2) is 5.11 Å². The summed E-state index contributed by atoms with van der Waals surface area (Å²) in [7, 11) is 0. The van der Waals surface area contributed by atoms with Crippen molar-refractivity contribution < 1.29 is 5.11 Å². The molecule has 0 amide bonds. The van der Waals surface area contributed by atoms with Crippen molar-refractivity contribution in [2.24, 2.45) is 5.92 Å². The molecule has 1 N–H and O–H groups in total. The quantitative estimate of drug-likeness (QED) is 0.736. The summed E-state index contributed by atoms with van der Waals surface area (Å²) in [6.07, 6.45) is 5.07. The van der Waals surface area contributed by atoms with Gasteiger partial charge in [-0.2, -0.15) is 0 Å². The van der Waals surface area contributed by atoms with Crippen LogP contribution in [0.1, 0.15) is 57.9 Å². The third kappa shape index (κ3) is 3.55. The predicted octanol–water partition coefficient (Wildman–Crippen LogP) is 4.71. The van der Waals surface area contributed by atoms with E-state index >= 15 is 0 Å². The molecule has 0 spiro atoms. The topological polar surface area (TPSA) is 20.2 Å². The van der Waals surface area contributed by atoms with Gasteiger partial charge in [0.2, 0.25) is 0 Å². The van der Waals surface area contributed by atoms with Gasteiger partial charge in [0.25, 0.3) is 0 Å². The first kappa shape index (κ1) is 13.1. The fourth-order valence-corrected chi connectivity index (χ4v) is 2.42. The van der Waals surface area contributed by atoms with Crippen molar-refractivity contribution in [3.8, 4) is 5.75 Å². The Bertz CT molecular complexity index is 289. The smallest absolute Gasteiger partial charge is 0.115 e. The number of rotatable bonds is 6. The van der Waals surface area contributed by atoms with Gasteiger partial charge < -0.3 is 5.11 Å². The normalized spacial score (nSPS) is 14.7. The van der Waals surface area contributed by atoms with Crippen LogP contribution in [0.15, 0.2) is 24.3 Å². The number of aromatic hydroxyl groups is 1. The summed E-state index contributed by atoms with van der Waals surface area (Å²) in [5, 5.41) is 9.29. The maximum absolute atomic E-state index is 9.29. The molecule has 1 aromatic carbocycles. The lowest BCUT2D eigenvalue weighted by atomic mass is 9.82. The summed E-state index contributed by atoms with van der Waals surface area (Å²) in [4.78, 5) is 0. The molecule has 0 radical (unpaired) electrons. The van der Waals surface area contributed by atoms with E-state index in [4.69, 9.17) is 0 Å². The van der Waals surface area contributed by atoms with Crippen LogP contribution in [0.25, 0.3) is 0 Å². The minimum absolute atomic E-state index is 0.361. The van der Waals surface area contributed by atoms with Crippen LogP contribution in [0.5, 0.6) is 5.75 Å². The number of hydrogen-bond acceptors (Lipinski definition) is 1. The van der Waals surface area contributed by atoms with Crippen molar-refractivity contribution in [2.75, 3.05) is 0 Å². The molecule has 1 nitrogen and oxygen atoms in total. The summed E-state index contributed by atoms with van der Waals surface area (Å²) in [5.41, 5.74) is 1.36. The molecule has 0 aromatic heterocycles. The molecule has 0 aliphatic rings. The molecule has 1 heteroatoms. The van der Waals surface area contributed by atoms with Gasteiger partial charge >= 0.3 is 0 Å². The molecule has 0 fully saturated rings.